The largest absolute Gasteiger partial charge is 0.488 e. The second-order valence-electron chi connectivity index (χ2n) is 5.93. The Labute approximate surface area is 130 Å². The Morgan fingerprint density at radius 2 is 2.00 bits per heavy atom. The lowest BCUT2D eigenvalue weighted by Gasteiger charge is -2.37. The molecule has 1 aliphatic carbocycles. The Hall–Kier alpha value is -2.60. The maximum atomic E-state index is 11.9. The first-order chi connectivity index (χ1) is 10.5. The van der Waals surface area contributed by atoms with Crippen molar-refractivity contribution in [3.05, 3.63) is 64.7 Å². The Morgan fingerprint density at radius 1 is 1.27 bits per heavy atom. The van der Waals surface area contributed by atoms with Crippen LogP contribution in [-0.2, 0) is 18.4 Å². The van der Waals surface area contributed by atoms with Gasteiger partial charge in [0.1, 0.15) is 12.4 Å². The monoisotopic (exact) mass is 291 g/mol. The fourth-order valence-electron chi connectivity index (χ4n) is 2.99. The van der Waals surface area contributed by atoms with Crippen molar-refractivity contribution >= 4 is 5.78 Å². The van der Waals surface area contributed by atoms with Gasteiger partial charge in [-0.2, -0.15) is 5.26 Å². The molecular weight excluding hydrogens is 274 g/mol. The van der Waals surface area contributed by atoms with Gasteiger partial charge < -0.3 is 4.74 Å². The third-order valence-corrected chi connectivity index (χ3v) is 4.19. The lowest BCUT2D eigenvalue weighted by atomic mass is 9.65. The summed E-state index contributed by atoms with van der Waals surface area (Å²) in [5.74, 6) is 0.530. The fourth-order valence-corrected chi connectivity index (χ4v) is 2.99. The molecule has 2 aromatic rings. The normalized spacial score (nSPS) is 18.8. The van der Waals surface area contributed by atoms with E-state index in [-0.39, 0.29) is 5.78 Å². The van der Waals surface area contributed by atoms with Crippen LogP contribution in [0, 0.1) is 11.3 Å². The van der Waals surface area contributed by atoms with E-state index >= 15 is 0 Å². The molecule has 0 spiro atoms. The molecule has 0 fully saturated rings. The van der Waals surface area contributed by atoms with Gasteiger partial charge in [-0.25, -0.2) is 0 Å². The molecule has 0 bridgehead atoms. The summed E-state index contributed by atoms with van der Waals surface area (Å²) in [6.07, 6.45) is 0.707. The summed E-state index contributed by atoms with van der Waals surface area (Å²) in [5, 5.41) is 9.44. The molecule has 3 rings (SSSR count). The van der Waals surface area contributed by atoms with Crippen molar-refractivity contribution in [3.8, 4) is 11.8 Å². The summed E-state index contributed by atoms with van der Waals surface area (Å²) in [6.45, 7) is 3.81. The second-order valence-corrected chi connectivity index (χ2v) is 5.93. The minimum atomic E-state index is -0.563. The average Bonchev–Trinajstić information content (AvgIpc) is 2.51. The van der Waals surface area contributed by atoms with E-state index in [2.05, 4.69) is 6.07 Å². The lowest BCUT2D eigenvalue weighted by molar-refractivity contribution is 0.101. The van der Waals surface area contributed by atoms with Crippen LogP contribution >= 0.6 is 0 Å². The Morgan fingerprint density at radius 3 is 2.64 bits per heavy atom. The molecule has 1 unspecified atom stereocenters. The van der Waals surface area contributed by atoms with Gasteiger partial charge >= 0.3 is 0 Å². The molecule has 3 heteroatoms. The van der Waals surface area contributed by atoms with Gasteiger partial charge in [0.2, 0.25) is 0 Å². The minimum absolute atomic E-state index is 0.0435. The maximum Gasteiger partial charge on any atom is 0.163 e. The van der Waals surface area contributed by atoms with Crippen LogP contribution in [0.4, 0.5) is 0 Å². The number of carbonyl (C=O) groups excluding carboxylic acids is 1. The Kier molecular flexibility index (Phi) is 3.46. The van der Waals surface area contributed by atoms with Crippen molar-refractivity contribution in [2.24, 2.45) is 0 Å². The zero-order valence-electron chi connectivity index (χ0n) is 12.7. The molecule has 0 aliphatic heterocycles. The summed E-state index contributed by atoms with van der Waals surface area (Å²) in [4.78, 5) is 11.9. The smallest absolute Gasteiger partial charge is 0.163 e. The number of nitrogens with zero attached hydrogens (tertiary/aromatic N) is 1. The fraction of sp³-hybridized carbons (Fsp3) is 0.263. The summed E-state index contributed by atoms with van der Waals surface area (Å²) >= 11 is 0. The highest BCUT2D eigenvalue weighted by atomic mass is 16.5. The van der Waals surface area contributed by atoms with E-state index in [1.807, 2.05) is 43.3 Å². The number of ether oxygens (including phenoxy) is 1. The summed E-state index contributed by atoms with van der Waals surface area (Å²) < 4.78 is 5.97. The summed E-state index contributed by atoms with van der Waals surface area (Å²) in [7, 11) is 0. The standard InChI is InChI=1S/C19H17NO2/c1-13(21)16-9-8-15-10-19(2,12-20)17(15)18(16)22-11-14-6-4-3-5-7-14/h3-9H,10-11H2,1-2H3. The molecule has 3 nitrogen and oxygen atoms in total. The van der Waals surface area contributed by atoms with Crippen molar-refractivity contribution < 1.29 is 9.53 Å². The van der Waals surface area contributed by atoms with Gasteiger partial charge in [-0.3, -0.25) is 4.79 Å². The summed E-state index contributed by atoms with van der Waals surface area (Å²) in [5.41, 5.74) is 2.99. The Balaban J connectivity index is 2.00. The summed E-state index contributed by atoms with van der Waals surface area (Å²) in [6, 6.07) is 15.9. The highest BCUT2D eigenvalue weighted by Gasteiger charge is 2.43. The lowest BCUT2D eigenvalue weighted by Crippen LogP contribution is -2.35. The molecule has 0 amide bonds. The van der Waals surface area contributed by atoms with Gasteiger partial charge in [-0.1, -0.05) is 36.4 Å². The van der Waals surface area contributed by atoms with E-state index in [1.165, 1.54) is 6.92 Å². The van der Waals surface area contributed by atoms with Gasteiger partial charge in [-0.15, -0.1) is 0 Å². The molecule has 22 heavy (non-hydrogen) atoms. The van der Waals surface area contributed by atoms with Crippen molar-refractivity contribution in [1.29, 1.82) is 5.26 Å². The number of fused-ring (bicyclic) bond motifs is 1. The molecule has 0 N–H and O–H groups in total. The van der Waals surface area contributed by atoms with E-state index in [0.29, 0.717) is 24.3 Å². The number of hydrogen-bond donors (Lipinski definition) is 0. The number of benzene rings is 2. The van der Waals surface area contributed by atoms with E-state index in [1.54, 1.807) is 6.07 Å². The van der Waals surface area contributed by atoms with E-state index in [0.717, 1.165) is 16.7 Å². The van der Waals surface area contributed by atoms with Crippen LogP contribution < -0.4 is 4.74 Å². The number of carbonyl (C=O) groups is 1. The van der Waals surface area contributed by atoms with Crippen molar-refractivity contribution in [2.75, 3.05) is 0 Å². The second kappa shape index (κ2) is 5.31. The number of ketones is 1. The predicted octanol–water partition coefficient (Wildman–Crippen LogP) is 3.81. The van der Waals surface area contributed by atoms with Crippen molar-refractivity contribution in [2.45, 2.75) is 32.3 Å². The third-order valence-electron chi connectivity index (χ3n) is 4.19. The molecule has 110 valence electrons. The first-order valence-electron chi connectivity index (χ1n) is 7.30. The van der Waals surface area contributed by atoms with Crippen LogP contribution in [0.25, 0.3) is 0 Å². The van der Waals surface area contributed by atoms with Gasteiger partial charge in [0.05, 0.1) is 17.0 Å². The molecule has 0 radical (unpaired) electrons. The molecule has 0 aromatic heterocycles. The first kappa shape index (κ1) is 14.3. The van der Waals surface area contributed by atoms with Gasteiger partial charge in [-0.05, 0) is 37.5 Å². The van der Waals surface area contributed by atoms with Crippen LogP contribution in [-0.4, -0.2) is 5.78 Å². The number of hydrogen-bond acceptors (Lipinski definition) is 3. The number of Topliss-reactive ketones (excluding diaryl/α,β-unsaturated/α-hetero) is 1. The van der Waals surface area contributed by atoms with E-state index < -0.39 is 5.41 Å². The molecule has 1 atom stereocenters. The molecular formula is C19H17NO2. The number of nitriles is 1. The van der Waals surface area contributed by atoms with Crippen molar-refractivity contribution in [3.63, 3.8) is 0 Å². The zero-order valence-corrected chi connectivity index (χ0v) is 12.7. The highest BCUT2D eigenvalue weighted by molar-refractivity contribution is 5.98. The highest BCUT2D eigenvalue weighted by Crippen LogP contribution is 2.47. The van der Waals surface area contributed by atoms with E-state index in [9.17, 15) is 10.1 Å². The minimum Gasteiger partial charge on any atom is -0.488 e. The van der Waals surface area contributed by atoms with Crippen LogP contribution in [0.5, 0.6) is 5.75 Å². The maximum absolute atomic E-state index is 11.9. The topological polar surface area (TPSA) is 50.1 Å². The Bertz CT molecular complexity index is 774. The van der Waals surface area contributed by atoms with Crippen LogP contribution in [0.1, 0.15) is 40.9 Å². The van der Waals surface area contributed by atoms with E-state index in [4.69, 9.17) is 4.74 Å². The molecule has 2 aromatic carbocycles. The molecule has 0 heterocycles. The third kappa shape index (κ3) is 2.27. The van der Waals surface area contributed by atoms with Crippen LogP contribution in [0.15, 0.2) is 42.5 Å². The predicted molar refractivity (Wildman–Crippen MR) is 83.9 cm³/mol. The van der Waals surface area contributed by atoms with Crippen LogP contribution in [0.2, 0.25) is 0 Å². The molecule has 0 saturated carbocycles. The molecule has 0 saturated heterocycles. The van der Waals surface area contributed by atoms with Crippen LogP contribution in [0.3, 0.4) is 0 Å². The zero-order chi connectivity index (χ0) is 15.7. The SMILES string of the molecule is CC(=O)c1ccc2c(c1OCc1ccccc1)C(C)(C#N)C2. The van der Waals surface area contributed by atoms with Gasteiger partial charge in [0.25, 0.3) is 0 Å². The quantitative estimate of drug-likeness (QED) is 0.805. The number of rotatable bonds is 4. The van der Waals surface area contributed by atoms with Gasteiger partial charge in [0.15, 0.2) is 5.78 Å². The first-order valence-corrected chi connectivity index (χ1v) is 7.30. The molecule has 1 aliphatic rings. The van der Waals surface area contributed by atoms with Crippen molar-refractivity contribution in [1.82, 2.24) is 0 Å². The average molecular weight is 291 g/mol. The van der Waals surface area contributed by atoms with Gasteiger partial charge in [0, 0.05) is 5.56 Å².